The molecule has 0 radical (unpaired) electrons. The van der Waals surface area contributed by atoms with E-state index in [-0.39, 0.29) is 6.42 Å². The maximum atomic E-state index is 14.3. The van der Waals surface area contributed by atoms with Crippen molar-refractivity contribution >= 4 is 45.6 Å². The molecule has 130 valence electrons. The molecule has 1 aromatic heterocycles. The lowest BCUT2D eigenvalue weighted by Gasteiger charge is -2.22. The highest BCUT2D eigenvalue weighted by atomic mass is 127. The summed E-state index contributed by atoms with van der Waals surface area (Å²) in [4.78, 5) is 26.2. The Bertz CT molecular complexity index is 782. The first-order valence-electron chi connectivity index (χ1n) is 7.25. The van der Waals surface area contributed by atoms with E-state index in [1.165, 1.54) is 0 Å². The Morgan fingerprint density at radius 1 is 1.42 bits per heavy atom. The minimum Gasteiger partial charge on any atom is -0.480 e. The molecule has 1 unspecified atom stereocenters. The highest BCUT2D eigenvalue weighted by molar-refractivity contribution is 14.1. The molecule has 2 aromatic rings. The van der Waals surface area contributed by atoms with Crippen LogP contribution >= 0.6 is 22.6 Å². The van der Waals surface area contributed by atoms with Crippen LogP contribution in [0.5, 0.6) is 0 Å². The number of benzene rings is 1. The number of carboxylic acid groups (broad SMARTS) is 1. The van der Waals surface area contributed by atoms with E-state index in [0.717, 1.165) is 0 Å². The third-order valence-electron chi connectivity index (χ3n) is 3.23. The molecule has 8 heteroatoms. The highest BCUT2D eigenvalue weighted by Gasteiger charge is 2.26. The predicted octanol–water partition coefficient (Wildman–Crippen LogP) is 3.43. The predicted molar refractivity (Wildman–Crippen MR) is 95.5 cm³/mol. The number of rotatable bonds is 4. The molecule has 3 N–H and O–H groups in total. The van der Waals surface area contributed by atoms with Crippen LogP contribution in [0.3, 0.4) is 0 Å². The number of carboxylic acids is 1. The van der Waals surface area contributed by atoms with Crippen molar-refractivity contribution in [3.63, 3.8) is 0 Å². The van der Waals surface area contributed by atoms with Crippen LogP contribution in [0.25, 0.3) is 10.9 Å². The third kappa shape index (κ3) is 4.37. The van der Waals surface area contributed by atoms with Gasteiger partial charge in [-0.25, -0.2) is 14.0 Å². The minimum absolute atomic E-state index is 0.0639. The van der Waals surface area contributed by atoms with Gasteiger partial charge in [-0.15, -0.1) is 0 Å². The van der Waals surface area contributed by atoms with Gasteiger partial charge in [-0.2, -0.15) is 0 Å². The Balaban J connectivity index is 2.24. The molecule has 1 atom stereocenters. The molecule has 0 fully saturated rings. The number of hydrogen-bond acceptors (Lipinski definition) is 3. The standard InChI is InChI=1S/C16H18FIN2O4/c1-16(2,3)24-15(23)20-11(14(21)22)6-8-7-19-10-5-4-9(18)13(17)12(8)10/h4-5,7,11,19H,6H2,1-3H3,(H,20,23)(H,21,22). The lowest BCUT2D eigenvalue weighted by molar-refractivity contribution is -0.139. The maximum absolute atomic E-state index is 14.3. The van der Waals surface area contributed by atoms with Crippen LogP contribution in [-0.2, 0) is 16.0 Å². The summed E-state index contributed by atoms with van der Waals surface area (Å²) in [5.74, 6) is -1.63. The van der Waals surface area contributed by atoms with Crippen LogP contribution in [0.2, 0.25) is 0 Å². The number of carbonyl (C=O) groups is 2. The zero-order valence-electron chi connectivity index (χ0n) is 13.4. The Morgan fingerprint density at radius 2 is 2.08 bits per heavy atom. The van der Waals surface area contributed by atoms with Gasteiger partial charge < -0.3 is 20.1 Å². The number of aromatic amines is 1. The summed E-state index contributed by atoms with van der Waals surface area (Å²) in [5, 5.41) is 12.0. The van der Waals surface area contributed by atoms with E-state index in [9.17, 15) is 19.1 Å². The van der Waals surface area contributed by atoms with Gasteiger partial charge in [-0.05, 0) is 61.1 Å². The first-order valence-corrected chi connectivity index (χ1v) is 8.32. The number of carbonyl (C=O) groups excluding carboxylic acids is 1. The Hall–Kier alpha value is -1.84. The molecular weight excluding hydrogens is 430 g/mol. The average Bonchev–Trinajstić information content (AvgIpc) is 2.83. The number of fused-ring (bicyclic) bond motifs is 1. The number of aromatic nitrogens is 1. The summed E-state index contributed by atoms with van der Waals surface area (Å²) in [7, 11) is 0. The third-order valence-corrected chi connectivity index (χ3v) is 4.06. The zero-order chi connectivity index (χ0) is 18.1. The summed E-state index contributed by atoms with van der Waals surface area (Å²) >= 11 is 1.87. The monoisotopic (exact) mass is 448 g/mol. The summed E-state index contributed by atoms with van der Waals surface area (Å²) in [6, 6.07) is 2.13. The summed E-state index contributed by atoms with van der Waals surface area (Å²) in [6.07, 6.45) is 0.659. The highest BCUT2D eigenvalue weighted by Crippen LogP contribution is 2.26. The summed E-state index contributed by atoms with van der Waals surface area (Å²) in [6.45, 7) is 5.04. The molecule has 0 aliphatic carbocycles. The van der Waals surface area contributed by atoms with Crippen LogP contribution in [0.15, 0.2) is 18.3 Å². The van der Waals surface area contributed by atoms with Crippen molar-refractivity contribution in [1.29, 1.82) is 0 Å². The smallest absolute Gasteiger partial charge is 0.408 e. The first-order chi connectivity index (χ1) is 11.1. The number of hydrogen-bond donors (Lipinski definition) is 3. The lowest BCUT2D eigenvalue weighted by Crippen LogP contribution is -2.44. The normalized spacial score (nSPS) is 12.9. The van der Waals surface area contributed by atoms with Crippen molar-refractivity contribution in [1.82, 2.24) is 10.3 Å². The van der Waals surface area contributed by atoms with Crippen LogP contribution in [0.4, 0.5) is 9.18 Å². The van der Waals surface area contributed by atoms with E-state index in [1.54, 1.807) is 39.1 Å². The van der Waals surface area contributed by atoms with Crippen molar-refractivity contribution in [2.24, 2.45) is 0 Å². The number of nitrogens with one attached hydrogen (secondary N) is 2. The molecule has 0 aliphatic heterocycles. The van der Waals surface area contributed by atoms with E-state index in [0.29, 0.717) is 20.0 Å². The van der Waals surface area contributed by atoms with Crippen molar-refractivity contribution in [3.8, 4) is 0 Å². The molecule has 1 aromatic carbocycles. The first kappa shape index (κ1) is 18.5. The number of H-pyrrole nitrogens is 1. The van der Waals surface area contributed by atoms with E-state index in [2.05, 4.69) is 10.3 Å². The SMILES string of the molecule is CC(C)(C)OC(=O)NC(Cc1c[nH]c2ccc(I)c(F)c12)C(=O)O. The number of ether oxygens (including phenoxy) is 1. The quantitative estimate of drug-likeness (QED) is 0.626. The van der Waals surface area contributed by atoms with Gasteiger partial charge in [0.05, 0.1) is 0 Å². The van der Waals surface area contributed by atoms with E-state index < -0.39 is 29.5 Å². The van der Waals surface area contributed by atoms with E-state index >= 15 is 0 Å². The van der Waals surface area contributed by atoms with Gasteiger partial charge in [-0.3, -0.25) is 0 Å². The van der Waals surface area contributed by atoms with Crippen molar-refractivity contribution < 1.29 is 23.8 Å². The van der Waals surface area contributed by atoms with Crippen LogP contribution in [0, 0.1) is 9.39 Å². The Morgan fingerprint density at radius 3 is 2.67 bits per heavy atom. The number of aliphatic carboxylic acids is 1. The second-order valence-corrected chi connectivity index (χ2v) is 7.50. The molecule has 24 heavy (non-hydrogen) atoms. The van der Waals surface area contributed by atoms with Crippen molar-refractivity contribution in [2.75, 3.05) is 0 Å². The van der Waals surface area contributed by atoms with Gasteiger partial charge in [0.2, 0.25) is 0 Å². The van der Waals surface area contributed by atoms with E-state index in [1.807, 2.05) is 22.6 Å². The minimum atomic E-state index is -1.23. The summed E-state index contributed by atoms with van der Waals surface area (Å²) < 4.78 is 19.9. The largest absolute Gasteiger partial charge is 0.480 e. The Kier molecular flexibility index (Phi) is 5.36. The van der Waals surface area contributed by atoms with Crippen LogP contribution < -0.4 is 5.32 Å². The molecule has 2 rings (SSSR count). The van der Waals surface area contributed by atoms with Crippen molar-refractivity contribution in [2.45, 2.75) is 38.8 Å². The van der Waals surface area contributed by atoms with Gasteiger partial charge in [0.1, 0.15) is 17.5 Å². The molecule has 0 bridgehead atoms. The molecule has 1 heterocycles. The molecule has 0 saturated carbocycles. The van der Waals surface area contributed by atoms with Gasteiger partial charge in [0.25, 0.3) is 0 Å². The van der Waals surface area contributed by atoms with Crippen molar-refractivity contribution in [3.05, 3.63) is 33.3 Å². The fraction of sp³-hybridized carbons (Fsp3) is 0.375. The average molecular weight is 448 g/mol. The molecule has 1 amide bonds. The lowest BCUT2D eigenvalue weighted by atomic mass is 10.0. The molecule has 6 nitrogen and oxygen atoms in total. The number of alkyl carbamates (subject to hydrolysis) is 1. The maximum Gasteiger partial charge on any atom is 0.408 e. The second kappa shape index (κ2) is 6.96. The Labute approximate surface area is 151 Å². The molecule has 0 saturated heterocycles. The zero-order valence-corrected chi connectivity index (χ0v) is 15.6. The molecule has 0 spiro atoms. The molecular formula is C16H18FIN2O4. The van der Waals surface area contributed by atoms with Gasteiger partial charge in [0, 0.05) is 27.1 Å². The number of halogens is 2. The second-order valence-electron chi connectivity index (χ2n) is 6.34. The number of amides is 1. The van der Waals surface area contributed by atoms with Gasteiger partial charge >= 0.3 is 12.1 Å². The molecule has 0 aliphatic rings. The topological polar surface area (TPSA) is 91.4 Å². The fourth-order valence-electron chi connectivity index (χ4n) is 2.25. The van der Waals surface area contributed by atoms with Gasteiger partial charge in [-0.1, -0.05) is 0 Å². The van der Waals surface area contributed by atoms with E-state index in [4.69, 9.17) is 4.74 Å². The summed E-state index contributed by atoms with van der Waals surface area (Å²) in [5.41, 5.74) is 0.310. The van der Waals surface area contributed by atoms with Gasteiger partial charge in [0.15, 0.2) is 0 Å². The van der Waals surface area contributed by atoms with Crippen LogP contribution in [0.1, 0.15) is 26.3 Å². The fourth-order valence-corrected chi connectivity index (χ4v) is 2.70. The van der Waals surface area contributed by atoms with Crippen LogP contribution in [-0.4, -0.2) is 33.8 Å².